The third kappa shape index (κ3) is 5.72. The Balaban J connectivity index is 1.71. The summed E-state index contributed by atoms with van der Waals surface area (Å²) in [5.41, 5.74) is 4.36. The summed E-state index contributed by atoms with van der Waals surface area (Å²) in [4.78, 5) is 15.9. The molecule has 0 radical (unpaired) electrons. The molecule has 0 unspecified atom stereocenters. The molecule has 0 saturated heterocycles. The van der Waals surface area contributed by atoms with Crippen LogP contribution in [0.1, 0.15) is 21.5 Å². The topological polar surface area (TPSA) is 72.8 Å². The van der Waals surface area contributed by atoms with Crippen LogP contribution >= 0.6 is 39.1 Å². The smallest absolute Gasteiger partial charge is 0.272 e. The van der Waals surface area contributed by atoms with Gasteiger partial charge in [-0.3, -0.25) is 9.78 Å². The lowest BCUT2D eigenvalue weighted by Gasteiger charge is -2.14. The van der Waals surface area contributed by atoms with Gasteiger partial charge in [0.2, 0.25) is 0 Å². The van der Waals surface area contributed by atoms with Crippen LogP contribution in [0.25, 0.3) is 0 Å². The molecule has 0 aliphatic heterocycles. The molecule has 0 bridgehead atoms. The number of aromatic nitrogens is 1. The molecule has 6 nitrogen and oxygen atoms in total. The van der Waals surface area contributed by atoms with E-state index in [2.05, 4.69) is 31.4 Å². The predicted octanol–water partition coefficient (Wildman–Crippen LogP) is 5.50. The van der Waals surface area contributed by atoms with Crippen molar-refractivity contribution in [2.24, 2.45) is 5.10 Å². The molecule has 0 spiro atoms. The molecule has 0 aliphatic rings. The summed E-state index contributed by atoms with van der Waals surface area (Å²) in [7, 11) is 1.54. The van der Waals surface area contributed by atoms with E-state index in [1.165, 1.54) is 19.5 Å². The fourth-order valence-electron chi connectivity index (χ4n) is 2.47. The van der Waals surface area contributed by atoms with Crippen molar-refractivity contribution in [3.63, 3.8) is 0 Å². The SMILES string of the molecule is COc1cc(/C=N/NC(=O)c2cccnc2)cc(Br)c1OCc1ccc(Cl)cc1Cl. The molecule has 0 atom stereocenters. The molecule has 0 fully saturated rings. The number of hydrogen-bond acceptors (Lipinski definition) is 5. The van der Waals surface area contributed by atoms with Crippen molar-refractivity contribution < 1.29 is 14.3 Å². The van der Waals surface area contributed by atoms with Crippen LogP contribution in [0.3, 0.4) is 0 Å². The summed E-state index contributed by atoms with van der Waals surface area (Å²) in [5.74, 6) is 0.653. The van der Waals surface area contributed by atoms with E-state index < -0.39 is 0 Å². The van der Waals surface area contributed by atoms with Crippen LogP contribution in [-0.2, 0) is 6.61 Å². The molecule has 0 aliphatic carbocycles. The van der Waals surface area contributed by atoms with Crippen molar-refractivity contribution >= 4 is 51.3 Å². The summed E-state index contributed by atoms with van der Waals surface area (Å²) < 4.78 is 12.0. The second-order valence-electron chi connectivity index (χ2n) is 6.00. The molecule has 1 heterocycles. The highest BCUT2D eigenvalue weighted by atomic mass is 79.9. The summed E-state index contributed by atoms with van der Waals surface area (Å²) in [6, 6.07) is 12.1. The zero-order valence-corrected chi connectivity index (χ0v) is 18.8. The normalized spacial score (nSPS) is 10.8. The maximum atomic E-state index is 12.0. The number of benzene rings is 2. The van der Waals surface area contributed by atoms with Crippen molar-refractivity contribution in [1.82, 2.24) is 10.4 Å². The molecule has 30 heavy (non-hydrogen) atoms. The number of carbonyl (C=O) groups excluding carboxylic acids is 1. The van der Waals surface area contributed by atoms with Crippen LogP contribution in [-0.4, -0.2) is 24.2 Å². The Hall–Kier alpha value is -2.61. The lowest BCUT2D eigenvalue weighted by molar-refractivity contribution is 0.0955. The highest BCUT2D eigenvalue weighted by molar-refractivity contribution is 9.10. The number of rotatable bonds is 7. The Morgan fingerprint density at radius 1 is 1.27 bits per heavy atom. The van der Waals surface area contributed by atoms with Gasteiger partial charge in [-0.15, -0.1) is 0 Å². The number of pyridine rings is 1. The zero-order chi connectivity index (χ0) is 21.5. The Bertz CT molecular complexity index is 1080. The highest BCUT2D eigenvalue weighted by Gasteiger charge is 2.13. The molecule has 0 saturated carbocycles. The van der Waals surface area contributed by atoms with Gasteiger partial charge < -0.3 is 9.47 Å². The van der Waals surface area contributed by atoms with Crippen LogP contribution < -0.4 is 14.9 Å². The van der Waals surface area contributed by atoms with E-state index in [9.17, 15) is 4.79 Å². The Labute approximate surface area is 192 Å². The number of nitrogens with one attached hydrogen (secondary N) is 1. The average Bonchev–Trinajstić information content (AvgIpc) is 2.74. The fraction of sp³-hybridized carbons (Fsp3) is 0.0952. The van der Waals surface area contributed by atoms with Gasteiger partial charge in [-0.05, 0) is 57.9 Å². The number of nitrogens with zero attached hydrogens (tertiary/aromatic N) is 2. The average molecular weight is 509 g/mol. The third-order valence-corrected chi connectivity index (χ3v) is 5.12. The second-order valence-corrected chi connectivity index (χ2v) is 7.70. The third-order valence-electron chi connectivity index (χ3n) is 3.94. The number of halogens is 3. The summed E-state index contributed by atoms with van der Waals surface area (Å²) >= 11 is 15.6. The Morgan fingerprint density at radius 2 is 2.10 bits per heavy atom. The minimum absolute atomic E-state index is 0.236. The van der Waals surface area contributed by atoms with E-state index in [4.69, 9.17) is 32.7 Å². The van der Waals surface area contributed by atoms with Gasteiger partial charge in [-0.25, -0.2) is 5.43 Å². The quantitative estimate of drug-likeness (QED) is 0.337. The van der Waals surface area contributed by atoms with Gasteiger partial charge in [-0.2, -0.15) is 5.10 Å². The van der Waals surface area contributed by atoms with Gasteiger partial charge >= 0.3 is 0 Å². The fourth-order valence-corrected chi connectivity index (χ4v) is 3.51. The van der Waals surface area contributed by atoms with Gasteiger partial charge in [0.15, 0.2) is 11.5 Å². The van der Waals surface area contributed by atoms with Crippen LogP contribution in [0.4, 0.5) is 0 Å². The van der Waals surface area contributed by atoms with Crippen LogP contribution in [0.2, 0.25) is 10.0 Å². The largest absolute Gasteiger partial charge is 0.493 e. The van der Waals surface area contributed by atoms with Crippen molar-refractivity contribution in [3.8, 4) is 11.5 Å². The zero-order valence-electron chi connectivity index (χ0n) is 15.7. The first-order chi connectivity index (χ1) is 14.5. The summed E-state index contributed by atoms with van der Waals surface area (Å²) in [6.45, 7) is 0.236. The van der Waals surface area contributed by atoms with E-state index >= 15 is 0 Å². The second kappa shape index (κ2) is 10.4. The number of amides is 1. The Morgan fingerprint density at radius 3 is 2.80 bits per heavy atom. The highest BCUT2D eigenvalue weighted by Crippen LogP contribution is 2.37. The molecule has 1 aromatic heterocycles. The predicted molar refractivity (Wildman–Crippen MR) is 121 cm³/mol. The molecule has 3 aromatic rings. The van der Waals surface area contributed by atoms with Gasteiger partial charge in [0.05, 0.1) is 23.4 Å². The van der Waals surface area contributed by atoms with E-state index in [1.807, 2.05) is 0 Å². The van der Waals surface area contributed by atoms with Crippen LogP contribution in [0, 0.1) is 0 Å². The maximum absolute atomic E-state index is 12.0. The lowest BCUT2D eigenvalue weighted by Crippen LogP contribution is -2.17. The summed E-state index contributed by atoms with van der Waals surface area (Å²) in [6.07, 6.45) is 4.55. The first-order valence-electron chi connectivity index (χ1n) is 8.65. The first kappa shape index (κ1) is 22.1. The van der Waals surface area contributed by atoms with E-state index in [-0.39, 0.29) is 12.5 Å². The number of methoxy groups -OCH3 is 1. The molecule has 154 valence electrons. The molecule has 2 aromatic carbocycles. The molecule has 1 N–H and O–H groups in total. The van der Waals surface area contributed by atoms with Crippen LogP contribution in [0.15, 0.2) is 64.4 Å². The van der Waals surface area contributed by atoms with Gasteiger partial charge in [0.25, 0.3) is 5.91 Å². The monoisotopic (exact) mass is 507 g/mol. The van der Waals surface area contributed by atoms with Crippen molar-refractivity contribution in [2.45, 2.75) is 6.61 Å². The number of hydrazone groups is 1. The number of hydrogen-bond donors (Lipinski definition) is 1. The van der Waals surface area contributed by atoms with E-state index in [0.29, 0.717) is 37.1 Å². The molecule has 3 rings (SSSR count). The first-order valence-corrected chi connectivity index (χ1v) is 10.2. The minimum atomic E-state index is -0.356. The molecule has 9 heteroatoms. The van der Waals surface area contributed by atoms with Crippen LogP contribution in [0.5, 0.6) is 11.5 Å². The van der Waals surface area contributed by atoms with Crippen molar-refractivity contribution in [3.05, 3.63) is 86.1 Å². The summed E-state index contributed by atoms with van der Waals surface area (Å²) in [5, 5.41) is 5.05. The van der Waals surface area contributed by atoms with Crippen molar-refractivity contribution in [1.29, 1.82) is 0 Å². The van der Waals surface area contributed by atoms with Gasteiger partial charge in [0.1, 0.15) is 6.61 Å². The number of ether oxygens (including phenoxy) is 2. The molecule has 1 amide bonds. The van der Waals surface area contributed by atoms with Gasteiger partial charge in [0, 0.05) is 28.0 Å². The van der Waals surface area contributed by atoms with Gasteiger partial charge in [-0.1, -0.05) is 29.3 Å². The standard InChI is InChI=1S/C21H16BrCl2N3O3/c1-29-19-8-13(10-26-27-21(28)14-3-2-6-25-11-14)7-17(22)20(19)30-12-15-4-5-16(23)9-18(15)24/h2-11H,12H2,1H3,(H,27,28)/b26-10+. The van der Waals surface area contributed by atoms with E-state index in [0.717, 1.165) is 5.56 Å². The number of carbonyl (C=O) groups is 1. The lowest BCUT2D eigenvalue weighted by atomic mass is 10.2. The molecular formula is C21H16BrCl2N3O3. The minimum Gasteiger partial charge on any atom is -0.493 e. The molecular weight excluding hydrogens is 493 g/mol. The Kier molecular flexibility index (Phi) is 7.68. The maximum Gasteiger partial charge on any atom is 0.272 e. The van der Waals surface area contributed by atoms with E-state index in [1.54, 1.807) is 48.7 Å². The van der Waals surface area contributed by atoms with Crippen molar-refractivity contribution in [2.75, 3.05) is 7.11 Å².